The highest BCUT2D eigenvalue weighted by Crippen LogP contribution is 2.27. The third-order valence-corrected chi connectivity index (χ3v) is 3.60. The standard InChI is InChI=1S/C16H23N/c1-3-4-10-15-13-8-9-14(2)17(15)16-11-6-5-7-12-16/h5-9,11-12,14-15H,3-4,10,13H2,1-2H3. The Hall–Kier alpha value is -1.24. The van der Waals surface area contributed by atoms with Crippen molar-refractivity contribution in [2.75, 3.05) is 4.90 Å². The van der Waals surface area contributed by atoms with Crippen LogP contribution in [0.15, 0.2) is 42.5 Å². The van der Waals surface area contributed by atoms with Crippen molar-refractivity contribution in [3.05, 3.63) is 42.5 Å². The van der Waals surface area contributed by atoms with Gasteiger partial charge in [-0.3, -0.25) is 0 Å². The summed E-state index contributed by atoms with van der Waals surface area (Å²) in [5, 5.41) is 0. The average Bonchev–Trinajstić information content (AvgIpc) is 2.37. The van der Waals surface area contributed by atoms with Crippen LogP contribution in [0, 0.1) is 0 Å². The summed E-state index contributed by atoms with van der Waals surface area (Å²) in [6.07, 6.45) is 9.80. The molecule has 92 valence electrons. The van der Waals surface area contributed by atoms with Crippen molar-refractivity contribution in [1.29, 1.82) is 0 Å². The summed E-state index contributed by atoms with van der Waals surface area (Å²) in [4.78, 5) is 2.58. The van der Waals surface area contributed by atoms with E-state index in [4.69, 9.17) is 0 Å². The van der Waals surface area contributed by atoms with E-state index in [9.17, 15) is 0 Å². The summed E-state index contributed by atoms with van der Waals surface area (Å²) in [5.41, 5.74) is 1.37. The van der Waals surface area contributed by atoms with Crippen LogP contribution in [0.4, 0.5) is 5.69 Å². The van der Waals surface area contributed by atoms with Crippen LogP contribution in [0.25, 0.3) is 0 Å². The molecule has 0 bridgehead atoms. The van der Waals surface area contributed by atoms with E-state index in [0.29, 0.717) is 12.1 Å². The molecule has 1 nitrogen and oxygen atoms in total. The molecule has 17 heavy (non-hydrogen) atoms. The lowest BCUT2D eigenvalue weighted by atomic mass is 9.97. The zero-order valence-electron chi connectivity index (χ0n) is 11.0. The quantitative estimate of drug-likeness (QED) is 0.692. The lowest BCUT2D eigenvalue weighted by Gasteiger charge is -2.40. The van der Waals surface area contributed by atoms with E-state index in [1.807, 2.05) is 0 Å². The summed E-state index contributed by atoms with van der Waals surface area (Å²) >= 11 is 0. The molecule has 0 aliphatic carbocycles. The number of hydrogen-bond donors (Lipinski definition) is 0. The van der Waals surface area contributed by atoms with Crippen molar-refractivity contribution in [2.45, 2.75) is 51.6 Å². The minimum Gasteiger partial charge on any atom is -0.362 e. The first-order valence-corrected chi connectivity index (χ1v) is 6.83. The summed E-state index contributed by atoms with van der Waals surface area (Å²) < 4.78 is 0. The second-order valence-electron chi connectivity index (χ2n) is 4.94. The van der Waals surface area contributed by atoms with Gasteiger partial charge in [0.05, 0.1) is 0 Å². The van der Waals surface area contributed by atoms with Gasteiger partial charge in [-0.15, -0.1) is 0 Å². The van der Waals surface area contributed by atoms with Crippen LogP contribution >= 0.6 is 0 Å². The topological polar surface area (TPSA) is 3.24 Å². The molecule has 0 radical (unpaired) electrons. The van der Waals surface area contributed by atoms with Gasteiger partial charge in [0.1, 0.15) is 0 Å². The second-order valence-corrected chi connectivity index (χ2v) is 4.94. The molecule has 2 rings (SSSR count). The third kappa shape index (κ3) is 2.91. The summed E-state index contributed by atoms with van der Waals surface area (Å²) in [6, 6.07) is 12.0. The number of anilines is 1. The van der Waals surface area contributed by atoms with E-state index in [1.165, 1.54) is 31.4 Å². The van der Waals surface area contributed by atoms with E-state index in [1.54, 1.807) is 0 Å². The van der Waals surface area contributed by atoms with Gasteiger partial charge in [0.2, 0.25) is 0 Å². The predicted molar refractivity (Wildman–Crippen MR) is 75.5 cm³/mol. The third-order valence-electron chi connectivity index (χ3n) is 3.60. The molecule has 2 unspecified atom stereocenters. The highest BCUT2D eigenvalue weighted by molar-refractivity contribution is 5.50. The number of hydrogen-bond acceptors (Lipinski definition) is 1. The monoisotopic (exact) mass is 229 g/mol. The Labute approximate surface area is 105 Å². The number of para-hydroxylation sites is 1. The zero-order valence-corrected chi connectivity index (χ0v) is 11.0. The molecule has 1 heterocycles. The van der Waals surface area contributed by atoms with Gasteiger partial charge in [-0.2, -0.15) is 0 Å². The lowest BCUT2D eigenvalue weighted by molar-refractivity contribution is 0.496. The number of benzene rings is 1. The van der Waals surface area contributed by atoms with Crippen molar-refractivity contribution in [3.63, 3.8) is 0 Å². The minimum absolute atomic E-state index is 0.521. The number of nitrogens with zero attached hydrogens (tertiary/aromatic N) is 1. The van der Waals surface area contributed by atoms with Crippen molar-refractivity contribution in [1.82, 2.24) is 0 Å². The summed E-state index contributed by atoms with van der Waals surface area (Å²) in [5.74, 6) is 0. The Morgan fingerprint density at radius 1 is 1.24 bits per heavy atom. The first-order valence-electron chi connectivity index (χ1n) is 6.83. The van der Waals surface area contributed by atoms with Gasteiger partial charge < -0.3 is 4.90 Å². The van der Waals surface area contributed by atoms with Crippen molar-refractivity contribution >= 4 is 5.69 Å². The van der Waals surface area contributed by atoms with Gasteiger partial charge in [-0.1, -0.05) is 50.1 Å². The van der Waals surface area contributed by atoms with Gasteiger partial charge in [-0.05, 0) is 31.9 Å². The van der Waals surface area contributed by atoms with Crippen LogP contribution in [-0.2, 0) is 0 Å². The van der Waals surface area contributed by atoms with E-state index in [-0.39, 0.29) is 0 Å². The van der Waals surface area contributed by atoms with Gasteiger partial charge in [0, 0.05) is 17.8 Å². The lowest BCUT2D eigenvalue weighted by Crippen LogP contribution is -2.43. The van der Waals surface area contributed by atoms with Crippen LogP contribution in [0.1, 0.15) is 39.5 Å². The fraction of sp³-hybridized carbons (Fsp3) is 0.500. The highest BCUT2D eigenvalue weighted by atomic mass is 15.2. The Bertz CT molecular complexity index is 355. The van der Waals surface area contributed by atoms with E-state index in [0.717, 1.165) is 0 Å². The molecule has 1 aliphatic heterocycles. The second kappa shape index (κ2) is 5.90. The molecule has 0 aromatic heterocycles. The van der Waals surface area contributed by atoms with Gasteiger partial charge in [0.25, 0.3) is 0 Å². The Morgan fingerprint density at radius 3 is 2.71 bits per heavy atom. The molecule has 2 atom stereocenters. The van der Waals surface area contributed by atoms with Gasteiger partial charge >= 0.3 is 0 Å². The van der Waals surface area contributed by atoms with E-state index in [2.05, 4.69) is 61.2 Å². The van der Waals surface area contributed by atoms with Crippen LogP contribution in [0.2, 0.25) is 0 Å². The number of rotatable bonds is 4. The minimum atomic E-state index is 0.521. The maximum absolute atomic E-state index is 2.58. The molecular formula is C16H23N. The number of unbranched alkanes of at least 4 members (excludes halogenated alkanes) is 1. The van der Waals surface area contributed by atoms with Crippen LogP contribution in [0.3, 0.4) is 0 Å². The fourth-order valence-corrected chi connectivity index (χ4v) is 2.71. The van der Waals surface area contributed by atoms with Crippen LogP contribution in [-0.4, -0.2) is 12.1 Å². The molecule has 1 aromatic rings. The molecule has 1 aliphatic rings. The van der Waals surface area contributed by atoms with E-state index >= 15 is 0 Å². The first-order chi connectivity index (χ1) is 8.33. The summed E-state index contributed by atoms with van der Waals surface area (Å²) in [6.45, 7) is 4.57. The average molecular weight is 229 g/mol. The van der Waals surface area contributed by atoms with Crippen molar-refractivity contribution in [2.24, 2.45) is 0 Å². The molecule has 1 heteroatoms. The molecular weight excluding hydrogens is 206 g/mol. The molecule has 0 fully saturated rings. The molecule has 0 saturated heterocycles. The molecule has 0 saturated carbocycles. The fourth-order valence-electron chi connectivity index (χ4n) is 2.71. The molecule has 0 spiro atoms. The van der Waals surface area contributed by atoms with Crippen LogP contribution < -0.4 is 4.90 Å². The normalized spacial score (nSPS) is 24.0. The summed E-state index contributed by atoms with van der Waals surface area (Å²) in [7, 11) is 0. The smallest absolute Gasteiger partial charge is 0.0448 e. The largest absolute Gasteiger partial charge is 0.362 e. The SMILES string of the molecule is CCCCC1CC=CC(C)N1c1ccccc1. The molecule has 1 aromatic carbocycles. The first kappa shape index (κ1) is 12.2. The zero-order chi connectivity index (χ0) is 12.1. The van der Waals surface area contributed by atoms with Gasteiger partial charge in [-0.25, -0.2) is 0 Å². The maximum atomic E-state index is 2.58. The van der Waals surface area contributed by atoms with E-state index < -0.39 is 0 Å². The molecule has 0 N–H and O–H groups in total. The van der Waals surface area contributed by atoms with Crippen molar-refractivity contribution < 1.29 is 0 Å². The Balaban J connectivity index is 2.17. The van der Waals surface area contributed by atoms with Gasteiger partial charge in [0.15, 0.2) is 0 Å². The Kier molecular flexibility index (Phi) is 4.24. The van der Waals surface area contributed by atoms with Crippen LogP contribution in [0.5, 0.6) is 0 Å². The van der Waals surface area contributed by atoms with Crippen molar-refractivity contribution in [3.8, 4) is 0 Å². The Morgan fingerprint density at radius 2 is 2.00 bits per heavy atom. The predicted octanol–water partition coefficient (Wildman–Crippen LogP) is 4.40. The molecule has 0 amide bonds. The highest BCUT2D eigenvalue weighted by Gasteiger charge is 2.24. The maximum Gasteiger partial charge on any atom is 0.0448 e.